The third kappa shape index (κ3) is 5.13. The number of piperidine rings is 1. The van der Waals surface area contributed by atoms with Gasteiger partial charge in [-0.1, -0.05) is 11.8 Å². The molecule has 4 heteroatoms. The van der Waals surface area contributed by atoms with Crippen molar-refractivity contribution in [1.29, 1.82) is 0 Å². The lowest BCUT2D eigenvalue weighted by Crippen LogP contribution is -2.36. The molecule has 0 aliphatic carbocycles. The molecule has 0 aromatic heterocycles. The molecular formula is C17H22FNO2. The lowest BCUT2D eigenvalue weighted by Gasteiger charge is -2.31. The Bertz CT molecular complexity index is 521. The number of likely N-dealkylation sites (tertiary alicyclic amines) is 1. The van der Waals surface area contributed by atoms with E-state index >= 15 is 0 Å². The van der Waals surface area contributed by atoms with Gasteiger partial charge in [-0.25, -0.2) is 4.39 Å². The molecule has 114 valence electrons. The molecule has 2 rings (SSSR count). The summed E-state index contributed by atoms with van der Waals surface area (Å²) in [5, 5.41) is 18.0. The van der Waals surface area contributed by atoms with Crippen LogP contribution in [0.2, 0.25) is 0 Å². The van der Waals surface area contributed by atoms with Crippen LogP contribution in [0, 0.1) is 23.6 Å². The van der Waals surface area contributed by atoms with Crippen LogP contribution in [0.5, 0.6) is 0 Å². The first-order valence-corrected chi connectivity index (χ1v) is 7.43. The van der Waals surface area contributed by atoms with Crippen molar-refractivity contribution in [3.63, 3.8) is 0 Å². The molecule has 0 saturated carbocycles. The van der Waals surface area contributed by atoms with Crippen LogP contribution in [0.15, 0.2) is 18.2 Å². The van der Waals surface area contributed by atoms with Crippen LogP contribution in [-0.2, 0) is 6.54 Å². The van der Waals surface area contributed by atoms with Crippen LogP contribution >= 0.6 is 0 Å². The van der Waals surface area contributed by atoms with Gasteiger partial charge in [0.1, 0.15) is 5.82 Å². The highest BCUT2D eigenvalue weighted by molar-refractivity contribution is 5.37. The molecule has 0 radical (unpaired) electrons. The Morgan fingerprint density at radius 3 is 2.90 bits per heavy atom. The van der Waals surface area contributed by atoms with Gasteiger partial charge in [0, 0.05) is 31.7 Å². The summed E-state index contributed by atoms with van der Waals surface area (Å²) >= 11 is 0. The van der Waals surface area contributed by atoms with Crippen LogP contribution in [0.25, 0.3) is 0 Å². The molecule has 0 amide bonds. The summed E-state index contributed by atoms with van der Waals surface area (Å²) in [6.07, 6.45) is 2.54. The van der Waals surface area contributed by atoms with Crippen LogP contribution < -0.4 is 0 Å². The number of nitrogens with zero attached hydrogens (tertiary/aromatic N) is 1. The van der Waals surface area contributed by atoms with E-state index in [1.165, 1.54) is 6.07 Å². The van der Waals surface area contributed by atoms with E-state index in [4.69, 9.17) is 5.11 Å². The molecule has 0 bridgehead atoms. The second-order valence-electron chi connectivity index (χ2n) is 5.55. The van der Waals surface area contributed by atoms with E-state index < -0.39 is 0 Å². The third-order valence-corrected chi connectivity index (χ3v) is 3.69. The maximum Gasteiger partial charge on any atom is 0.124 e. The third-order valence-electron chi connectivity index (χ3n) is 3.69. The average Bonchev–Trinajstić information content (AvgIpc) is 2.47. The Labute approximate surface area is 125 Å². The number of aliphatic hydroxyl groups is 2. The number of aliphatic hydroxyl groups excluding tert-OH is 2. The van der Waals surface area contributed by atoms with Gasteiger partial charge in [-0.3, -0.25) is 4.90 Å². The minimum Gasteiger partial charge on any atom is -0.396 e. The summed E-state index contributed by atoms with van der Waals surface area (Å²) in [7, 11) is 0. The van der Waals surface area contributed by atoms with Gasteiger partial charge in [0.2, 0.25) is 0 Å². The molecule has 21 heavy (non-hydrogen) atoms. The van der Waals surface area contributed by atoms with Gasteiger partial charge >= 0.3 is 0 Å². The number of benzene rings is 1. The lowest BCUT2D eigenvalue weighted by atomic mass is 9.98. The normalized spacial score (nSPS) is 19.1. The fourth-order valence-corrected chi connectivity index (χ4v) is 2.74. The highest BCUT2D eigenvalue weighted by Gasteiger charge is 2.19. The Balaban J connectivity index is 2.04. The van der Waals surface area contributed by atoms with Gasteiger partial charge in [-0.15, -0.1) is 0 Å². The molecule has 1 aliphatic rings. The van der Waals surface area contributed by atoms with Crippen LogP contribution in [0.4, 0.5) is 4.39 Å². The Kier molecular flexibility index (Phi) is 6.19. The van der Waals surface area contributed by atoms with Crippen molar-refractivity contribution in [2.45, 2.75) is 25.8 Å². The van der Waals surface area contributed by atoms with Crippen molar-refractivity contribution in [1.82, 2.24) is 4.90 Å². The number of hydrogen-bond donors (Lipinski definition) is 2. The minimum atomic E-state index is -0.281. The molecule has 1 heterocycles. The summed E-state index contributed by atoms with van der Waals surface area (Å²) in [5.41, 5.74) is 1.55. The summed E-state index contributed by atoms with van der Waals surface area (Å²) in [5.74, 6) is 5.74. The highest BCUT2D eigenvalue weighted by Crippen LogP contribution is 2.19. The van der Waals surface area contributed by atoms with Gasteiger partial charge in [0.15, 0.2) is 0 Å². The van der Waals surface area contributed by atoms with Crippen molar-refractivity contribution >= 4 is 0 Å². The monoisotopic (exact) mass is 291 g/mol. The molecule has 1 fully saturated rings. The van der Waals surface area contributed by atoms with Crippen molar-refractivity contribution in [3.05, 3.63) is 35.1 Å². The van der Waals surface area contributed by atoms with Crippen molar-refractivity contribution in [2.75, 3.05) is 26.3 Å². The summed E-state index contributed by atoms with van der Waals surface area (Å²) in [6.45, 7) is 2.77. The van der Waals surface area contributed by atoms with E-state index in [2.05, 4.69) is 16.7 Å². The maximum absolute atomic E-state index is 13.7. The molecular weight excluding hydrogens is 269 g/mol. The zero-order valence-electron chi connectivity index (χ0n) is 12.2. The zero-order chi connectivity index (χ0) is 15.1. The van der Waals surface area contributed by atoms with Crippen molar-refractivity contribution in [3.8, 4) is 11.8 Å². The topological polar surface area (TPSA) is 43.7 Å². The molecule has 1 unspecified atom stereocenters. The van der Waals surface area contributed by atoms with Gasteiger partial charge in [-0.2, -0.15) is 0 Å². The lowest BCUT2D eigenvalue weighted by molar-refractivity contribution is 0.116. The predicted molar refractivity (Wildman–Crippen MR) is 80.1 cm³/mol. The minimum absolute atomic E-state index is 0.0193. The van der Waals surface area contributed by atoms with E-state index in [0.29, 0.717) is 24.4 Å². The van der Waals surface area contributed by atoms with Gasteiger partial charge in [0.25, 0.3) is 0 Å². The Morgan fingerprint density at radius 2 is 2.14 bits per heavy atom. The van der Waals surface area contributed by atoms with E-state index in [1.807, 2.05) is 6.07 Å². The van der Waals surface area contributed by atoms with E-state index in [0.717, 1.165) is 31.5 Å². The fourth-order valence-electron chi connectivity index (χ4n) is 2.74. The predicted octanol–water partition coefficient (Wildman–Crippen LogP) is 1.76. The Morgan fingerprint density at radius 1 is 1.29 bits per heavy atom. The van der Waals surface area contributed by atoms with Crippen molar-refractivity contribution < 1.29 is 14.6 Å². The molecule has 1 atom stereocenters. The first-order chi connectivity index (χ1) is 10.2. The van der Waals surface area contributed by atoms with Crippen molar-refractivity contribution in [2.24, 2.45) is 5.92 Å². The van der Waals surface area contributed by atoms with Gasteiger partial charge < -0.3 is 10.2 Å². The largest absolute Gasteiger partial charge is 0.396 e. The average molecular weight is 291 g/mol. The molecule has 0 spiro atoms. The second-order valence-corrected chi connectivity index (χ2v) is 5.55. The molecule has 3 nitrogen and oxygen atoms in total. The smallest absolute Gasteiger partial charge is 0.124 e. The number of rotatable bonds is 4. The first-order valence-electron chi connectivity index (χ1n) is 7.43. The molecule has 1 aromatic rings. The molecule has 1 aliphatic heterocycles. The summed E-state index contributed by atoms with van der Waals surface area (Å²) in [4.78, 5) is 2.25. The quantitative estimate of drug-likeness (QED) is 0.831. The molecule has 2 N–H and O–H groups in total. The van der Waals surface area contributed by atoms with Gasteiger partial charge in [0.05, 0.1) is 6.61 Å². The van der Waals surface area contributed by atoms with Gasteiger partial charge in [-0.05, 0) is 49.1 Å². The van der Waals surface area contributed by atoms with E-state index in [-0.39, 0.29) is 19.0 Å². The van der Waals surface area contributed by atoms with E-state index in [9.17, 15) is 9.50 Å². The summed E-state index contributed by atoms with van der Waals surface area (Å²) < 4.78 is 13.7. The maximum atomic E-state index is 13.7. The summed E-state index contributed by atoms with van der Waals surface area (Å²) in [6, 6.07) is 4.86. The number of hydrogen-bond acceptors (Lipinski definition) is 3. The van der Waals surface area contributed by atoms with E-state index in [1.54, 1.807) is 6.07 Å². The standard InChI is InChI=1S/C17H22FNO2/c18-17-9-14(4-1-2-7-20)8-16(10-17)12-19-6-3-5-15(11-19)13-21/h8-10,15,20-21H,2-3,5-7,11-13H2. The first kappa shape index (κ1) is 16.0. The fraction of sp³-hybridized carbons (Fsp3) is 0.529. The zero-order valence-corrected chi connectivity index (χ0v) is 12.2. The molecule has 1 saturated heterocycles. The second kappa shape index (κ2) is 8.14. The highest BCUT2D eigenvalue weighted by atomic mass is 19.1. The number of halogens is 1. The van der Waals surface area contributed by atoms with Crippen LogP contribution in [0.3, 0.4) is 0 Å². The van der Waals surface area contributed by atoms with Crippen LogP contribution in [-0.4, -0.2) is 41.4 Å². The SMILES string of the molecule is OCCC#Cc1cc(F)cc(CN2CCCC(CO)C2)c1. The van der Waals surface area contributed by atoms with Crippen LogP contribution in [0.1, 0.15) is 30.4 Å². The molecule has 1 aromatic carbocycles. The Hall–Kier alpha value is -1.41.